The third-order valence-electron chi connectivity index (χ3n) is 6.45. The number of phenols is 2. The van der Waals surface area contributed by atoms with Crippen LogP contribution < -0.4 is 0 Å². The van der Waals surface area contributed by atoms with E-state index < -0.39 is 0 Å². The van der Waals surface area contributed by atoms with Crippen molar-refractivity contribution in [2.45, 2.75) is 128 Å². The fraction of sp³-hybridized carbons (Fsp3) is 0.600. The highest BCUT2D eigenvalue weighted by Crippen LogP contribution is 2.53. The van der Waals surface area contributed by atoms with Gasteiger partial charge < -0.3 is 10.2 Å². The zero-order chi connectivity index (χ0) is 26.6. The molecule has 34 heavy (non-hydrogen) atoms. The average Bonchev–Trinajstić information content (AvgIpc) is 2.59. The second kappa shape index (κ2) is 9.32. The molecule has 0 atom stereocenters. The van der Waals surface area contributed by atoms with Gasteiger partial charge in [0, 0.05) is 11.1 Å². The largest absolute Gasteiger partial charge is 0.506 e. The second-order valence-corrected chi connectivity index (χ2v) is 15.9. The first-order valence-electron chi connectivity index (χ1n) is 12.2. The summed E-state index contributed by atoms with van der Waals surface area (Å²) in [5.74, 6) is 0.714. The van der Waals surface area contributed by atoms with Crippen LogP contribution >= 0.6 is 21.6 Å². The minimum atomic E-state index is -0.179. The molecule has 0 unspecified atom stereocenters. The lowest BCUT2D eigenvalue weighted by Gasteiger charge is -2.31. The van der Waals surface area contributed by atoms with Crippen LogP contribution in [0.1, 0.15) is 116 Å². The highest BCUT2D eigenvalue weighted by molar-refractivity contribution is 8.76. The molecule has 0 aromatic heterocycles. The smallest absolute Gasteiger partial charge is 0.134 e. The Bertz CT molecular complexity index is 906. The Balaban J connectivity index is 2.74. The van der Waals surface area contributed by atoms with Crippen LogP contribution in [0, 0.1) is 13.8 Å². The molecule has 2 aromatic rings. The molecule has 0 spiro atoms. The lowest BCUT2D eigenvalue weighted by atomic mass is 9.78. The molecule has 0 aliphatic carbocycles. The number of rotatable bonds is 3. The predicted molar refractivity (Wildman–Crippen MR) is 152 cm³/mol. The molecule has 2 aromatic carbocycles. The molecule has 4 heteroatoms. The Morgan fingerprint density at radius 2 is 0.706 bits per heavy atom. The van der Waals surface area contributed by atoms with Crippen LogP contribution in [0.5, 0.6) is 11.5 Å². The van der Waals surface area contributed by atoms with Crippen LogP contribution in [0.25, 0.3) is 0 Å². The van der Waals surface area contributed by atoms with Gasteiger partial charge in [0.25, 0.3) is 0 Å². The molecule has 2 rings (SSSR count). The van der Waals surface area contributed by atoms with Gasteiger partial charge in [-0.05, 0) is 79.3 Å². The fourth-order valence-corrected chi connectivity index (χ4v) is 7.21. The fourth-order valence-electron chi connectivity index (χ4n) is 4.48. The molecular formula is C30H46O2S2. The van der Waals surface area contributed by atoms with Crippen molar-refractivity contribution in [1.29, 1.82) is 0 Å². The van der Waals surface area contributed by atoms with E-state index in [1.165, 1.54) is 11.1 Å². The van der Waals surface area contributed by atoms with Gasteiger partial charge in [-0.3, -0.25) is 0 Å². The average molecular weight is 503 g/mol. The van der Waals surface area contributed by atoms with Crippen LogP contribution in [0.4, 0.5) is 0 Å². The molecule has 0 fully saturated rings. The maximum absolute atomic E-state index is 11.4. The van der Waals surface area contributed by atoms with Crippen molar-refractivity contribution < 1.29 is 10.2 Å². The zero-order valence-corrected chi connectivity index (χ0v) is 25.5. The van der Waals surface area contributed by atoms with Gasteiger partial charge in [-0.1, -0.05) is 95.2 Å². The molecule has 0 aliphatic heterocycles. The molecule has 0 bridgehead atoms. The number of hydrogen-bond donors (Lipinski definition) is 2. The summed E-state index contributed by atoms with van der Waals surface area (Å²) in [7, 11) is 3.12. The first kappa shape index (κ1) is 29.0. The van der Waals surface area contributed by atoms with E-state index in [1.54, 1.807) is 21.6 Å². The Morgan fingerprint density at radius 1 is 0.471 bits per heavy atom. The van der Waals surface area contributed by atoms with Crippen molar-refractivity contribution in [3.63, 3.8) is 0 Å². The van der Waals surface area contributed by atoms with Gasteiger partial charge in [0.1, 0.15) is 11.5 Å². The molecule has 190 valence electrons. The van der Waals surface area contributed by atoms with Crippen LogP contribution in [-0.4, -0.2) is 10.2 Å². The number of benzene rings is 2. The van der Waals surface area contributed by atoms with Gasteiger partial charge in [0.15, 0.2) is 0 Å². The van der Waals surface area contributed by atoms with Crippen LogP contribution in [-0.2, 0) is 21.7 Å². The molecule has 0 radical (unpaired) electrons. The van der Waals surface area contributed by atoms with Gasteiger partial charge in [-0.2, -0.15) is 0 Å². The third kappa shape index (κ3) is 5.93. The van der Waals surface area contributed by atoms with E-state index >= 15 is 0 Å². The van der Waals surface area contributed by atoms with Gasteiger partial charge in [0.05, 0.1) is 9.79 Å². The second-order valence-electron chi connectivity index (χ2n) is 13.7. The summed E-state index contributed by atoms with van der Waals surface area (Å²) in [4.78, 5) is 1.78. The highest BCUT2D eigenvalue weighted by Gasteiger charge is 2.30. The van der Waals surface area contributed by atoms with E-state index in [1.807, 2.05) is 0 Å². The van der Waals surface area contributed by atoms with Crippen LogP contribution in [0.3, 0.4) is 0 Å². The Kier molecular flexibility index (Phi) is 7.94. The summed E-state index contributed by atoms with van der Waals surface area (Å²) in [5, 5.41) is 22.8. The van der Waals surface area contributed by atoms with Crippen molar-refractivity contribution in [3.05, 3.63) is 45.5 Å². The van der Waals surface area contributed by atoms with Crippen LogP contribution in [0.15, 0.2) is 21.9 Å². The normalized spacial score (nSPS) is 13.5. The predicted octanol–water partition coefficient (Wildman–Crippen LogP) is 9.70. The van der Waals surface area contributed by atoms with Crippen molar-refractivity contribution in [3.8, 4) is 11.5 Å². The maximum Gasteiger partial charge on any atom is 0.134 e. The van der Waals surface area contributed by atoms with Crippen LogP contribution in [0.2, 0.25) is 0 Å². The molecule has 0 saturated carbocycles. The van der Waals surface area contributed by atoms with Gasteiger partial charge in [-0.25, -0.2) is 0 Å². The summed E-state index contributed by atoms with van der Waals surface area (Å²) >= 11 is 0. The highest BCUT2D eigenvalue weighted by atomic mass is 33.1. The molecular weight excluding hydrogens is 456 g/mol. The monoisotopic (exact) mass is 502 g/mol. The lowest BCUT2D eigenvalue weighted by Crippen LogP contribution is -2.19. The first-order chi connectivity index (χ1) is 15.1. The standard InChI is InChI=1S/C30H46O2S2/c1-17-19(27(3,4)5)15-21(29(9,10)11)23(31)25(17)33-34-26-18(2)20(28(6,7)8)16-22(24(26)32)30(12,13)14/h15-16,31-32H,1-14H3. The summed E-state index contributed by atoms with van der Waals surface area (Å²) in [6.45, 7) is 30.4. The summed E-state index contributed by atoms with van der Waals surface area (Å²) < 4.78 is 0. The third-order valence-corrected chi connectivity index (χ3v) is 9.11. The summed E-state index contributed by atoms with van der Waals surface area (Å²) in [6.07, 6.45) is 0. The van der Waals surface area contributed by atoms with Crippen molar-refractivity contribution >= 4 is 21.6 Å². The van der Waals surface area contributed by atoms with E-state index in [4.69, 9.17) is 0 Å². The number of hydrogen-bond acceptors (Lipinski definition) is 4. The minimum absolute atomic E-state index is 0.0403. The molecule has 0 saturated heterocycles. The molecule has 2 nitrogen and oxygen atoms in total. The van der Waals surface area contributed by atoms with E-state index in [-0.39, 0.29) is 21.7 Å². The summed E-state index contributed by atoms with van der Waals surface area (Å²) in [5.41, 5.74) is 6.20. The van der Waals surface area contributed by atoms with E-state index in [0.29, 0.717) is 11.5 Å². The maximum atomic E-state index is 11.4. The van der Waals surface area contributed by atoms with E-state index in [0.717, 1.165) is 32.0 Å². The molecule has 2 N–H and O–H groups in total. The zero-order valence-electron chi connectivity index (χ0n) is 23.9. The quantitative estimate of drug-likeness (QED) is 0.410. The summed E-state index contributed by atoms with van der Waals surface area (Å²) in [6, 6.07) is 4.36. The SMILES string of the molecule is Cc1c(C(C)(C)C)cc(C(C)(C)C)c(O)c1SSc1c(C)c(C(C)(C)C)cc(C(C)(C)C)c1O. The number of phenolic OH excluding ortho intramolecular Hbond substituents is 2. The molecule has 0 heterocycles. The minimum Gasteiger partial charge on any atom is -0.506 e. The lowest BCUT2D eigenvalue weighted by molar-refractivity contribution is 0.429. The molecule has 0 aliphatic rings. The van der Waals surface area contributed by atoms with Crippen molar-refractivity contribution in [2.75, 3.05) is 0 Å². The Hall–Kier alpha value is -1.26. The van der Waals surface area contributed by atoms with E-state index in [2.05, 4.69) is 109 Å². The Morgan fingerprint density at radius 3 is 0.912 bits per heavy atom. The van der Waals surface area contributed by atoms with Crippen molar-refractivity contribution in [1.82, 2.24) is 0 Å². The van der Waals surface area contributed by atoms with Crippen molar-refractivity contribution in [2.24, 2.45) is 0 Å². The van der Waals surface area contributed by atoms with Gasteiger partial charge >= 0.3 is 0 Å². The van der Waals surface area contributed by atoms with E-state index in [9.17, 15) is 10.2 Å². The van der Waals surface area contributed by atoms with Gasteiger partial charge in [-0.15, -0.1) is 0 Å². The first-order valence-corrected chi connectivity index (χ1v) is 14.3. The topological polar surface area (TPSA) is 40.5 Å². The molecule has 0 amide bonds. The number of aromatic hydroxyl groups is 2. The van der Waals surface area contributed by atoms with Gasteiger partial charge in [0.2, 0.25) is 0 Å². The Labute approximate surface area is 216 Å².